The molecule has 1 amide bonds. The molecule has 15 heavy (non-hydrogen) atoms. The number of thioether (sulfide) groups is 1. The zero-order chi connectivity index (χ0) is 11.3. The van der Waals surface area contributed by atoms with Crippen molar-refractivity contribution < 1.29 is 4.79 Å². The van der Waals surface area contributed by atoms with Crippen LogP contribution in [-0.4, -0.2) is 46.4 Å². The Morgan fingerprint density at radius 2 is 2.33 bits per heavy atom. The molecule has 0 saturated carbocycles. The van der Waals surface area contributed by atoms with Crippen molar-refractivity contribution in [1.82, 2.24) is 14.9 Å². The second-order valence-corrected chi connectivity index (χ2v) is 4.32. The van der Waals surface area contributed by atoms with Crippen LogP contribution in [0.1, 0.15) is 10.5 Å². The molecule has 6 heteroatoms. The maximum absolute atomic E-state index is 11.8. The molecule has 0 aliphatic heterocycles. The molecule has 82 valence electrons. The van der Waals surface area contributed by atoms with E-state index in [1.807, 2.05) is 6.26 Å². The molecular formula is C9H12ClN3OS. The Hall–Kier alpha value is -0.810. The van der Waals surface area contributed by atoms with Crippen molar-refractivity contribution in [1.29, 1.82) is 0 Å². The van der Waals surface area contributed by atoms with Crippen molar-refractivity contribution in [2.24, 2.45) is 0 Å². The molecule has 0 unspecified atom stereocenters. The number of halogens is 1. The molecule has 0 aromatic carbocycles. The Labute approximate surface area is 98.0 Å². The van der Waals surface area contributed by atoms with Gasteiger partial charge in [-0.3, -0.25) is 9.78 Å². The molecule has 0 spiro atoms. The smallest absolute Gasteiger partial charge is 0.273 e. The van der Waals surface area contributed by atoms with Gasteiger partial charge in [0.2, 0.25) is 0 Å². The molecule has 0 fully saturated rings. The molecule has 1 aromatic heterocycles. The van der Waals surface area contributed by atoms with Crippen molar-refractivity contribution in [2.45, 2.75) is 0 Å². The van der Waals surface area contributed by atoms with Gasteiger partial charge in [-0.05, 0) is 6.26 Å². The number of hydrogen-bond donors (Lipinski definition) is 0. The zero-order valence-electron chi connectivity index (χ0n) is 8.61. The molecule has 0 atom stereocenters. The molecule has 1 heterocycles. The number of rotatable bonds is 4. The van der Waals surface area contributed by atoms with E-state index in [1.165, 1.54) is 12.4 Å². The second-order valence-electron chi connectivity index (χ2n) is 2.95. The number of amides is 1. The number of carbonyl (C=O) groups is 1. The van der Waals surface area contributed by atoms with Gasteiger partial charge in [-0.1, -0.05) is 11.6 Å². The summed E-state index contributed by atoms with van der Waals surface area (Å²) in [5.74, 6) is 0.745. The minimum atomic E-state index is -0.154. The zero-order valence-corrected chi connectivity index (χ0v) is 10.2. The molecule has 0 N–H and O–H groups in total. The van der Waals surface area contributed by atoms with Gasteiger partial charge >= 0.3 is 0 Å². The summed E-state index contributed by atoms with van der Waals surface area (Å²) in [7, 11) is 1.74. The Balaban J connectivity index is 2.67. The predicted octanol–water partition coefficient (Wildman–Crippen LogP) is 1.56. The Kier molecular flexibility index (Phi) is 4.84. The van der Waals surface area contributed by atoms with Crippen LogP contribution in [0, 0.1) is 0 Å². The van der Waals surface area contributed by atoms with Gasteiger partial charge in [0.1, 0.15) is 10.8 Å². The van der Waals surface area contributed by atoms with E-state index < -0.39 is 0 Å². The molecule has 1 rings (SSSR count). The van der Waals surface area contributed by atoms with Gasteiger partial charge in [0.15, 0.2) is 0 Å². The summed E-state index contributed by atoms with van der Waals surface area (Å²) in [5.41, 5.74) is 0.283. The Morgan fingerprint density at radius 3 is 2.93 bits per heavy atom. The standard InChI is InChI=1S/C9H12ClN3OS/c1-13(3-4-15-2)9(14)7-5-11-6-8(10)12-7/h5-6H,3-4H2,1-2H3. The molecule has 0 saturated heterocycles. The molecule has 1 aromatic rings. The van der Waals surface area contributed by atoms with Gasteiger partial charge in [0.25, 0.3) is 5.91 Å². The first kappa shape index (κ1) is 12.3. The minimum absolute atomic E-state index is 0.154. The van der Waals surface area contributed by atoms with Gasteiger partial charge in [0, 0.05) is 19.3 Å². The largest absolute Gasteiger partial charge is 0.339 e. The minimum Gasteiger partial charge on any atom is -0.339 e. The van der Waals surface area contributed by atoms with Crippen LogP contribution in [-0.2, 0) is 0 Å². The van der Waals surface area contributed by atoms with E-state index in [2.05, 4.69) is 9.97 Å². The maximum Gasteiger partial charge on any atom is 0.273 e. The number of hydrogen-bond acceptors (Lipinski definition) is 4. The van der Waals surface area contributed by atoms with Gasteiger partial charge in [-0.2, -0.15) is 11.8 Å². The number of carbonyl (C=O) groups excluding carboxylic acids is 1. The van der Waals surface area contributed by atoms with Crippen LogP contribution in [0.3, 0.4) is 0 Å². The number of nitrogens with zero attached hydrogens (tertiary/aromatic N) is 3. The third kappa shape index (κ3) is 3.68. The second kappa shape index (κ2) is 5.92. The van der Waals surface area contributed by atoms with Crippen LogP contribution >= 0.6 is 23.4 Å². The van der Waals surface area contributed by atoms with E-state index in [9.17, 15) is 4.79 Å². The predicted molar refractivity (Wildman–Crippen MR) is 62.4 cm³/mol. The molecule has 0 aliphatic carbocycles. The maximum atomic E-state index is 11.8. The fraction of sp³-hybridized carbons (Fsp3) is 0.444. The Bertz CT molecular complexity index is 348. The first-order chi connectivity index (χ1) is 7.15. The SMILES string of the molecule is CSCCN(C)C(=O)c1cncc(Cl)n1. The van der Waals surface area contributed by atoms with E-state index in [4.69, 9.17) is 11.6 Å². The lowest BCUT2D eigenvalue weighted by molar-refractivity contribution is 0.0797. The quantitative estimate of drug-likeness (QED) is 0.808. The van der Waals surface area contributed by atoms with Crippen molar-refractivity contribution in [3.8, 4) is 0 Å². The molecule has 0 aliphatic rings. The van der Waals surface area contributed by atoms with Crippen LogP contribution < -0.4 is 0 Å². The first-order valence-electron chi connectivity index (χ1n) is 4.37. The summed E-state index contributed by atoms with van der Waals surface area (Å²) in [4.78, 5) is 21.1. The average Bonchev–Trinajstić information content (AvgIpc) is 2.24. The van der Waals surface area contributed by atoms with E-state index in [0.29, 0.717) is 6.54 Å². The Morgan fingerprint density at radius 1 is 1.60 bits per heavy atom. The normalized spacial score (nSPS) is 10.1. The lowest BCUT2D eigenvalue weighted by Crippen LogP contribution is -2.29. The van der Waals surface area contributed by atoms with E-state index in [-0.39, 0.29) is 16.8 Å². The van der Waals surface area contributed by atoms with Crippen molar-refractivity contribution in [2.75, 3.05) is 25.6 Å². The van der Waals surface area contributed by atoms with Gasteiger partial charge in [0.05, 0.1) is 12.4 Å². The van der Waals surface area contributed by atoms with Gasteiger partial charge < -0.3 is 4.90 Å². The first-order valence-corrected chi connectivity index (χ1v) is 6.14. The fourth-order valence-corrected chi connectivity index (χ4v) is 1.57. The van der Waals surface area contributed by atoms with Crippen LogP contribution in [0.2, 0.25) is 5.15 Å². The summed E-state index contributed by atoms with van der Waals surface area (Å²) >= 11 is 7.34. The van der Waals surface area contributed by atoms with E-state index in [1.54, 1.807) is 23.7 Å². The summed E-state index contributed by atoms with van der Waals surface area (Å²) < 4.78 is 0. The summed E-state index contributed by atoms with van der Waals surface area (Å²) in [6, 6.07) is 0. The molecule has 4 nitrogen and oxygen atoms in total. The summed E-state index contributed by atoms with van der Waals surface area (Å²) in [6.07, 6.45) is 4.82. The van der Waals surface area contributed by atoms with Gasteiger partial charge in [-0.25, -0.2) is 4.98 Å². The lowest BCUT2D eigenvalue weighted by atomic mass is 10.4. The highest BCUT2D eigenvalue weighted by Gasteiger charge is 2.13. The van der Waals surface area contributed by atoms with E-state index in [0.717, 1.165) is 5.75 Å². The van der Waals surface area contributed by atoms with Crippen molar-refractivity contribution in [3.63, 3.8) is 0 Å². The third-order valence-electron chi connectivity index (χ3n) is 1.80. The van der Waals surface area contributed by atoms with Crippen LogP contribution in [0.25, 0.3) is 0 Å². The van der Waals surface area contributed by atoms with Crippen LogP contribution in [0.5, 0.6) is 0 Å². The summed E-state index contributed by atoms with van der Waals surface area (Å²) in [6.45, 7) is 0.689. The van der Waals surface area contributed by atoms with Crippen LogP contribution in [0.15, 0.2) is 12.4 Å². The highest BCUT2D eigenvalue weighted by atomic mass is 35.5. The van der Waals surface area contributed by atoms with Crippen LogP contribution in [0.4, 0.5) is 0 Å². The highest BCUT2D eigenvalue weighted by Crippen LogP contribution is 2.05. The highest BCUT2D eigenvalue weighted by molar-refractivity contribution is 7.98. The van der Waals surface area contributed by atoms with Crippen molar-refractivity contribution in [3.05, 3.63) is 23.2 Å². The molecular weight excluding hydrogens is 234 g/mol. The topological polar surface area (TPSA) is 46.1 Å². The fourth-order valence-electron chi connectivity index (χ4n) is 0.971. The van der Waals surface area contributed by atoms with E-state index >= 15 is 0 Å². The van der Waals surface area contributed by atoms with Crippen molar-refractivity contribution >= 4 is 29.3 Å². The average molecular weight is 246 g/mol. The summed E-state index contributed by atoms with van der Waals surface area (Å²) in [5, 5.41) is 0.235. The molecule has 0 bridgehead atoms. The van der Waals surface area contributed by atoms with Gasteiger partial charge in [-0.15, -0.1) is 0 Å². The third-order valence-corrected chi connectivity index (χ3v) is 2.57. The monoisotopic (exact) mass is 245 g/mol. The molecule has 0 radical (unpaired) electrons. The lowest BCUT2D eigenvalue weighted by Gasteiger charge is -2.15. The number of aromatic nitrogens is 2.